The van der Waals surface area contributed by atoms with E-state index in [1.165, 1.54) is 5.69 Å². The summed E-state index contributed by atoms with van der Waals surface area (Å²) in [5.74, 6) is 0.460. The summed E-state index contributed by atoms with van der Waals surface area (Å²) in [6.45, 7) is 3.83. The Morgan fingerprint density at radius 1 is 1.08 bits per heavy atom. The Kier molecular flexibility index (Phi) is 6.14. The highest BCUT2D eigenvalue weighted by atomic mass is 35.5. The number of benzene rings is 2. The van der Waals surface area contributed by atoms with Crippen molar-refractivity contribution in [1.29, 1.82) is 0 Å². The molecule has 0 saturated carbocycles. The number of anilines is 1. The third-order valence-corrected chi connectivity index (χ3v) is 4.24. The lowest BCUT2D eigenvalue weighted by atomic mass is 10.2. The van der Waals surface area contributed by atoms with Crippen LogP contribution in [0.15, 0.2) is 48.5 Å². The smallest absolute Gasteiger partial charge is 0.258 e. The van der Waals surface area contributed by atoms with E-state index in [0.717, 1.165) is 31.9 Å². The molecule has 2 aromatic carbocycles. The van der Waals surface area contributed by atoms with Crippen molar-refractivity contribution in [3.8, 4) is 5.75 Å². The van der Waals surface area contributed by atoms with Crippen molar-refractivity contribution in [2.45, 2.75) is 6.54 Å². The Labute approximate surface area is 152 Å². The van der Waals surface area contributed by atoms with Crippen molar-refractivity contribution in [1.82, 2.24) is 5.32 Å². The number of hydrogen-bond donors (Lipinski definition) is 1. The number of hydrogen-bond acceptors (Lipinski definition) is 4. The summed E-state index contributed by atoms with van der Waals surface area (Å²) in [6.07, 6.45) is 0. The Balaban J connectivity index is 1.43. The van der Waals surface area contributed by atoms with Gasteiger partial charge in [0, 0.05) is 30.3 Å². The minimum absolute atomic E-state index is 0.0203. The molecule has 0 bridgehead atoms. The Bertz CT molecular complexity index is 683. The van der Waals surface area contributed by atoms with Gasteiger partial charge in [-0.1, -0.05) is 23.7 Å². The van der Waals surface area contributed by atoms with Crippen LogP contribution in [-0.2, 0) is 16.1 Å². The highest BCUT2D eigenvalue weighted by Crippen LogP contribution is 2.17. The standard InChI is InChI=1S/C19H21ClN2O3/c20-16-3-7-18(8-4-16)25-14-19(23)21-13-15-1-5-17(6-2-15)22-9-11-24-12-10-22/h1-8H,9-14H2,(H,21,23). The molecule has 1 saturated heterocycles. The fourth-order valence-electron chi connectivity index (χ4n) is 2.58. The number of morpholine rings is 1. The molecule has 0 atom stereocenters. The number of nitrogens with one attached hydrogen (secondary N) is 1. The number of rotatable bonds is 6. The maximum atomic E-state index is 11.9. The number of carbonyl (C=O) groups excluding carboxylic acids is 1. The molecule has 1 amide bonds. The van der Waals surface area contributed by atoms with E-state index in [-0.39, 0.29) is 12.5 Å². The summed E-state index contributed by atoms with van der Waals surface area (Å²) < 4.78 is 10.8. The van der Waals surface area contributed by atoms with E-state index in [4.69, 9.17) is 21.1 Å². The molecule has 0 unspecified atom stereocenters. The van der Waals surface area contributed by atoms with Gasteiger partial charge < -0.3 is 19.7 Å². The van der Waals surface area contributed by atoms with E-state index in [0.29, 0.717) is 17.3 Å². The van der Waals surface area contributed by atoms with Crippen LogP contribution in [0.5, 0.6) is 5.75 Å². The SMILES string of the molecule is O=C(COc1ccc(Cl)cc1)NCc1ccc(N2CCOCC2)cc1. The van der Waals surface area contributed by atoms with Crippen molar-refractivity contribution in [3.63, 3.8) is 0 Å². The van der Waals surface area contributed by atoms with Crippen LogP contribution < -0.4 is 15.0 Å². The zero-order valence-corrected chi connectivity index (χ0v) is 14.7. The topological polar surface area (TPSA) is 50.8 Å². The van der Waals surface area contributed by atoms with Gasteiger partial charge >= 0.3 is 0 Å². The monoisotopic (exact) mass is 360 g/mol. The Hall–Kier alpha value is -2.24. The molecule has 1 aliphatic rings. The number of halogens is 1. The lowest BCUT2D eigenvalue weighted by Gasteiger charge is -2.28. The highest BCUT2D eigenvalue weighted by molar-refractivity contribution is 6.30. The van der Waals surface area contributed by atoms with Crippen LogP contribution in [0.1, 0.15) is 5.56 Å². The molecule has 132 valence electrons. The van der Waals surface area contributed by atoms with Gasteiger partial charge in [-0.15, -0.1) is 0 Å². The summed E-state index contributed by atoms with van der Waals surface area (Å²) in [4.78, 5) is 14.2. The fraction of sp³-hybridized carbons (Fsp3) is 0.316. The summed E-state index contributed by atoms with van der Waals surface area (Å²) >= 11 is 5.81. The maximum absolute atomic E-state index is 11.9. The average molecular weight is 361 g/mol. The van der Waals surface area contributed by atoms with Crippen LogP contribution in [0.25, 0.3) is 0 Å². The molecule has 1 fully saturated rings. The van der Waals surface area contributed by atoms with E-state index in [1.807, 2.05) is 12.1 Å². The molecule has 0 spiro atoms. The van der Waals surface area contributed by atoms with Gasteiger partial charge in [-0.3, -0.25) is 4.79 Å². The molecule has 3 rings (SSSR count). The van der Waals surface area contributed by atoms with E-state index < -0.39 is 0 Å². The molecule has 1 heterocycles. The largest absolute Gasteiger partial charge is 0.484 e. The first-order chi connectivity index (χ1) is 12.2. The molecular formula is C19H21ClN2O3. The normalized spacial score (nSPS) is 14.2. The zero-order valence-electron chi connectivity index (χ0n) is 13.9. The lowest BCUT2D eigenvalue weighted by molar-refractivity contribution is -0.123. The van der Waals surface area contributed by atoms with Gasteiger partial charge in [0.25, 0.3) is 5.91 Å². The average Bonchev–Trinajstić information content (AvgIpc) is 2.67. The maximum Gasteiger partial charge on any atom is 0.258 e. The van der Waals surface area contributed by atoms with Crippen LogP contribution in [0.2, 0.25) is 5.02 Å². The zero-order chi connectivity index (χ0) is 17.5. The van der Waals surface area contributed by atoms with E-state index in [9.17, 15) is 4.79 Å². The van der Waals surface area contributed by atoms with Gasteiger partial charge in [0.15, 0.2) is 6.61 Å². The van der Waals surface area contributed by atoms with Gasteiger partial charge in [0.1, 0.15) is 5.75 Å². The summed E-state index contributed by atoms with van der Waals surface area (Å²) in [6, 6.07) is 15.2. The molecule has 0 radical (unpaired) electrons. The van der Waals surface area contributed by atoms with Crippen molar-refractivity contribution < 1.29 is 14.3 Å². The van der Waals surface area contributed by atoms with Crippen LogP contribution in [0.3, 0.4) is 0 Å². The molecular weight excluding hydrogens is 340 g/mol. The summed E-state index contributed by atoms with van der Waals surface area (Å²) in [7, 11) is 0. The van der Waals surface area contributed by atoms with Crippen LogP contribution in [0.4, 0.5) is 5.69 Å². The number of ether oxygens (including phenoxy) is 2. The first-order valence-electron chi connectivity index (χ1n) is 8.27. The minimum Gasteiger partial charge on any atom is -0.484 e. The van der Waals surface area contributed by atoms with Crippen LogP contribution in [0, 0.1) is 0 Å². The fourth-order valence-corrected chi connectivity index (χ4v) is 2.70. The highest BCUT2D eigenvalue weighted by Gasteiger charge is 2.11. The molecule has 25 heavy (non-hydrogen) atoms. The van der Waals surface area contributed by atoms with Gasteiger partial charge in [0.2, 0.25) is 0 Å². The van der Waals surface area contributed by atoms with Gasteiger partial charge in [-0.2, -0.15) is 0 Å². The minimum atomic E-state index is -0.160. The molecule has 6 heteroatoms. The van der Waals surface area contributed by atoms with E-state index in [1.54, 1.807) is 24.3 Å². The quantitative estimate of drug-likeness (QED) is 0.860. The van der Waals surface area contributed by atoms with E-state index >= 15 is 0 Å². The third kappa shape index (κ3) is 5.37. The molecule has 0 aliphatic carbocycles. The molecule has 1 N–H and O–H groups in total. The second-order valence-electron chi connectivity index (χ2n) is 5.79. The molecule has 1 aliphatic heterocycles. The van der Waals surface area contributed by atoms with Crippen molar-refractivity contribution >= 4 is 23.2 Å². The Morgan fingerprint density at radius 2 is 1.76 bits per heavy atom. The van der Waals surface area contributed by atoms with Crippen LogP contribution >= 0.6 is 11.6 Å². The van der Waals surface area contributed by atoms with Crippen molar-refractivity contribution in [3.05, 3.63) is 59.1 Å². The number of carbonyl (C=O) groups is 1. The number of amides is 1. The van der Waals surface area contributed by atoms with Crippen LogP contribution in [-0.4, -0.2) is 38.8 Å². The predicted molar refractivity (Wildman–Crippen MR) is 98.3 cm³/mol. The van der Waals surface area contributed by atoms with Gasteiger partial charge in [-0.25, -0.2) is 0 Å². The Morgan fingerprint density at radius 3 is 2.44 bits per heavy atom. The predicted octanol–water partition coefficient (Wildman–Crippen LogP) is 2.87. The first-order valence-corrected chi connectivity index (χ1v) is 8.65. The lowest BCUT2D eigenvalue weighted by Crippen LogP contribution is -2.36. The summed E-state index contributed by atoms with van der Waals surface area (Å²) in [5, 5.41) is 3.49. The van der Waals surface area contributed by atoms with Gasteiger partial charge in [0.05, 0.1) is 13.2 Å². The second-order valence-corrected chi connectivity index (χ2v) is 6.22. The van der Waals surface area contributed by atoms with E-state index in [2.05, 4.69) is 22.3 Å². The number of nitrogens with zero attached hydrogens (tertiary/aromatic N) is 1. The second kappa shape index (κ2) is 8.74. The first kappa shape index (κ1) is 17.6. The van der Waals surface area contributed by atoms with Crippen molar-refractivity contribution in [2.24, 2.45) is 0 Å². The molecule has 0 aromatic heterocycles. The summed E-state index contributed by atoms with van der Waals surface area (Å²) in [5.41, 5.74) is 2.24. The molecule has 2 aromatic rings. The molecule has 5 nitrogen and oxygen atoms in total. The third-order valence-electron chi connectivity index (χ3n) is 3.99. The van der Waals surface area contributed by atoms with Gasteiger partial charge in [-0.05, 0) is 42.0 Å². The van der Waals surface area contributed by atoms with Crippen molar-refractivity contribution in [2.75, 3.05) is 37.8 Å².